The number of aryl methyl sites for hydroxylation is 2. The molecule has 0 aliphatic heterocycles. The molecule has 0 fully saturated rings. The van der Waals surface area contributed by atoms with Crippen molar-refractivity contribution in [1.29, 1.82) is 0 Å². The second kappa shape index (κ2) is 15.4. The fourth-order valence-corrected chi connectivity index (χ4v) is 6.73. The molecule has 4 amide bonds. The molecule has 0 bridgehead atoms. The summed E-state index contributed by atoms with van der Waals surface area (Å²) in [6.45, 7) is 11.5. The first-order chi connectivity index (χ1) is 23.7. The highest BCUT2D eigenvalue weighted by Gasteiger charge is 2.37. The SMILES string of the molecule is CC(C)(C)OC(=O)N[C@H]1c2ccccc2CC[C@H]1C(=O)NCc1ccc(CNC(=O)[C@@H]2CCc3ccccc3[C@@H]2NC(=O)OC(C)(C)C)cc1. The minimum atomic E-state index is -0.658. The molecule has 3 aromatic carbocycles. The van der Waals surface area contributed by atoms with Crippen molar-refractivity contribution in [2.75, 3.05) is 0 Å². The summed E-state index contributed by atoms with van der Waals surface area (Å²) in [5.41, 5.74) is 4.59. The van der Waals surface area contributed by atoms with Crippen molar-refractivity contribution < 1.29 is 28.7 Å². The van der Waals surface area contributed by atoms with Crippen LogP contribution in [-0.4, -0.2) is 35.2 Å². The van der Waals surface area contributed by atoms with Crippen molar-refractivity contribution >= 4 is 24.0 Å². The minimum Gasteiger partial charge on any atom is -0.444 e. The van der Waals surface area contributed by atoms with Gasteiger partial charge in [-0.3, -0.25) is 9.59 Å². The van der Waals surface area contributed by atoms with E-state index in [-0.39, 0.29) is 11.8 Å². The van der Waals surface area contributed by atoms with Crippen LogP contribution in [0.1, 0.15) is 99.8 Å². The molecule has 4 atom stereocenters. The van der Waals surface area contributed by atoms with Gasteiger partial charge < -0.3 is 30.7 Å². The van der Waals surface area contributed by atoms with Crippen LogP contribution >= 0.6 is 0 Å². The van der Waals surface area contributed by atoms with Gasteiger partial charge in [0.25, 0.3) is 0 Å². The summed E-state index contributed by atoms with van der Waals surface area (Å²) >= 11 is 0. The maximum absolute atomic E-state index is 13.5. The molecule has 10 nitrogen and oxygen atoms in total. The summed E-state index contributed by atoms with van der Waals surface area (Å²) in [6.07, 6.45) is 1.58. The Morgan fingerprint density at radius 2 is 0.940 bits per heavy atom. The van der Waals surface area contributed by atoms with Gasteiger partial charge in [0, 0.05) is 13.1 Å². The van der Waals surface area contributed by atoms with Gasteiger partial charge in [-0.25, -0.2) is 9.59 Å². The van der Waals surface area contributed by atoms with Crippen LogP contribution in [0.2, 0.25) is 0 Å². The molecule has 0 heterocycles. The Kier molecular flexibility index (Phi) is 11.2. The zero-order chi connectivity index (χ0) is 36.1. The maximum Gasteiger partial charge on any atom is 0.408 e. The van der Waals surface area contributed by atoms with E-state index in [0.29, 0.717) is 25.9 Å². The molecule has 5 rings (SSSR count). The largest absolute Gasteiger partial charge is 0.444 e. The fourth-order valence-electron chi connectivity index (χ4n) is 6.73. The number of hydrogen-bond donors (Lipinski definition) is 4. The van der Waals surface area contributed by atoms with Gasteiger partial charge in [0.15, 0.2) is 0 Å². The third-order valence-corrected chi connectivity index (χ3v) is 9.01. The van der Waals surface area contributed by atoms with Crippen molar-refractivity contribution in [1.82, 2.24) is 21.3 Å². The summed E-state index contributed by atoms with van der Waals surface area (Å²) in [5.74, 6) is -1.18. The number of nitrogens with one attached hydrogen (secondary N) is 4. The van der Waals surface area contributed by atoms with Crippen LogP contribution in [0.4, 0.5) is 9.59 Å². The minimum absolute atomic E-state index is 0.138. The average molecular weight is 683 g/mol. The first kappa shape index (κ1) is 36.4. The molecule has 2 aliphatic rings. The maximum atomic E-state index is 13.5. The van der Waals surface area contributed by atoms with Crippen LogP contribution in [-0.2, 0) is 45.0 Å². The number of rotatable bonds is 8. The predicted molar refractivity (Wildman–Crippen MR) is 191 cm³/mol. The van der Waals surface area contributed by atoms with E-state index >= 15 is 0 Å². The summed E-state index contributed by atoms with van der Waals surface area (Å²) < 4.78 is 11.0. The molecule has 0 saturated carbocycles. The predicted octanol–water partition coefficient (Wildman–Crippen LogP) is 6.58. The molecule has 0 aromatic heterocycles. The zero-order valence-corrected chi connectivity index (χ0v) is 29.9. The summed E-state index contributed by atoms with van der Waals surface area (Å²) in [6, 6.07) is 22.5. The second-order valence-electron chi connectivity index (χ2n) is 15.2. The zero-order valence-electron chi connectivity index (χ0n) is 29.9. The second-order valence-corrected chi connectivity index (χ2v) is 15.2. The highest BCUT2D eigenvalue weighted by Crippen LogP contribution is 2.36. The average Bonchev–Trinajstić information content (AvgIpc) is 3.05. The number of fused-ring (bicyclic) bond motifs is 2. The molecule has 266 valence electrons. The normalized spacial score (nSPS) is 20.0. The summed E-state index contributed by atoms with van der Waals surface area (Å²) in [5, 5.41) is 12.0. The molecule has 0 saturated heterocycles. The molecule has 10 heteroatoms. The van der Waals surface area contributed by atoms with Crippen molar-refractivity contribution in [3.8, 4) is 0 Å². The Morgan fingerprint density at radius 1 is 0.580 bits per heavy atom. The molecule has 0 spiro atoms. The first-order valence-electron chi connectivity index (χ1n) is 17.4. The molecule has 50 heavy (non-hydrogen) atoms. The van der Waals surface area contributed by atoms with Crippen molar-refractivity contribution in [2.24, 2.45) is 11.8 Å². The van der Waals surface area contributed by atoms with Gasteiger partial charge in [-0.2, -0.15) is 0 Å². The van der Waals surface area contributed by atoms with E-state index in [2.05, 4.69) is 21.3 Å². The van der Waals surface area contributed by atoms with Gasteiger partial charge in [-0.15, -0.1) is 0 Å². The third-order valence-electron chi connectivity index (χ3n) is 9.01. The van der Waals surface area contributed by atoms with E-state index in [0.717, 1.165) is 46.2 Å². The van der Waals surface area contributed by atoms with Crippen molar-refractivity contribution in [2.45, 2.75) is 104 Å². The van der Waals surface area contributed by atoms with E-state index in [1.54, 1.807) is 0 Å². The Bertz CT molecular complexity index is 1570. The van der Waals surface area contributed by atoms with E-state index < -0.39 is 47.3 Å². The van der Waals surface area contributed by atoms with Crippen LogP contribution in [0.25, 0.3) is 0 Å². The summed E-state index contributed by atoms with van der Waals surface area (Å²) in [4.78, 5) is 52.5. The van der Waals surface area contributed by atoms with Crippen LogP contribution in [0, 0.1) is 11.8 Å². The number of carbonyl (C=O) groups excluding carboxylic acids is 4. The Labute approximate surface area is 295 Å². The number of ether oxygens (including phenoxy) is 2. The van der Waals surface area contributed by atoms with E-state index in [9.17, 15) is 19.2 Å². The van der Waals surface area contributed by atoms with Crippen molar-refractivity contribution in [3.05, 3.63) is 106 Å². The Balaban J connectivity index is 1.17. The van der Waals surface area contributed by atoms with E-state index in [1.165, 1.54) is 0 Å². The monoisotopic (exact) mass is 682 g/mol. The lowest BCUT2D eigenvalue weighted by atomic mass is 9.79. The van der Waals surface area contributed by atoms with Gasteiger partial charge in [0.1, 0.15) is 11.2 Å². The highest BCUT2D eigenvalue weighted by molar-refractivity contribution is 5.82. The van der Waals surface area contributed by atoms with Gasteiger partial charge in [-0.05, 0) is 101 Å². The van der Waals surface area contributed by atoms with Gasteiger partial charge in [0.2, 0.25) is 11.8 Å². The Morgan fingerprint density at radius 3 is 1.30 bits per heavy atom. The van der Waals surface area contributed by atoms with Crippen LogP contribution in [0.5, 0.6) is 0 Å². The van der Waals surface area contributed by atoms with Crippen LogP contribution in [0.15, 0.2) is 72.8 Å². The smallest absolute Gasteiger partial charge is 0.408 e. The van der Waals surface area contributed by atoms with Crippen LogP contribution in [0.3, 0.4) is 0 Å². The molecule has 3 aromatic rings. The fraction of sp³-hybridized carbons (Fsp3) is 0.450. The van der Waals surface area contributed by atoms with Crippen LogP contribution < -0.4 is 21.3 Å². The molecular weight excluding hydrogens is 632 g/mol. The first-order valence-corrected chi connectivity index (χ1v) is 17.4. The summed E-state index contributed by atoms with van der Waals surface area (Å²) in [7, 11) is 0. The number of amides is 4. The third kappa shape index (κ3) is 9.64. The molecule has 4 N–H and O–H groups in total. The van der Waals surface area contributed by atoms with Gasteiger partial charge in [-0.1, -0.05) is 72.8 Å². The number of carbonyl (C=O) groups is 4. The van der Waals surface area contributed by atoms with E-state index in [1.807, 2.05) is 114 Å². The van der Waals surface area contributed by atoms with E-state index in [4.69, 9.17) is 9.47 Å². The lowest BCUT2D eigenvalue weighted by Gasteiger charge is -2.34. The lowest BCUT2D eigenvalue weighted by Crippen LogP contribution is -2.45. The van der Waals surface area contributed by atoms with Gasteiger partial charge in [0.05, 0.1) is 23.9 Å². The van der Waals surface area contributed by atoms with Gasteiger partial charge >= 0.3 is 12.2 Å². The number of alkyl carbamates (subject to hydrolysis) is 2. The molecule has 0 radical (unpaired) electrons. The Hall–Kier alpha value is -4.86. The highest BCUT2D eigenvalue weighted by atomic mass is 16.6. The van der Waals surface area contributed by atoms with Crippen molar-refractivity contribution in [3.63, 3.8) is 0 Å². The molecule has 2 aliphatic carbocycles. The standard InChI is InChI=1S/C40H50N4O6/c1-39(2,3)49-37(47)43-33-29-13-9-7-11-27(29)19-21-31(33)35(45)41-23-25-15-17-26(18-16-25)24-42-36(46)32-22-20-28-12-8-10-14-30(28)34(32)44-38(48)50-40(4,5)6/h7-18,31-34H,19-24H2,1-6H3,(H,41,45)(H,42,46)(H,43,47)(H,44,48)/t31-,32-,33+,34+/m1/s1. The molecule has 0 unspecified atom stereocenters. The topological polar surface area (TPSA) is 135 Å². The number of benzene rings is 3. The molecular formula is C40H50N4O6. The number of hydrogen-bond acceptors (Lipinski definition) is 6. The lowest BCUT2D eigenvalue weighted by molar-refractivity contribution is -0.127. The quantitative estimate of drug-likeness (QED) is 0.212.